The molecule has 0 amide bonds. The van der Waals surface area contributed by atoms with Gasteiger partial charge in [-0.15, -0.1) is 0 Å². The largest absolute Gasteiger partial charge is 0.299 e. The Labute approximate surface area is 133 Å². The molecule has 0 heterocycles. The van der Waals surface area contributed by atoms with Crippen LogP contribution >= 0.6 is 0 Å². The summed E-state index contributed by atoms with van der Waals surface area (Å²) in [7, 11) is 0. The number of aldehydes is 1. The molecule has 124 valence electrons. The minimum absolute atomic E-state index is 0.830. The molecule has 0 unspecified atom stereocenters. The van der Waals surface area contributed by atoms with E-state index in [4.69, 9.17) is 0 Å². The Balaban J connectivity index is 3.54. The van der Waals surface area contributed by atoms with E-state index in [-0.39, 0.29) is 0 Å². The second kappa shape index (κ2) is 13.1. The topological polar surface area (TPSA) is 17.1 Å². The first-order chi connectivity index (χ1) is 9.95. The molecule has 0 bridgehead atoms. The Morgan fingerprint density at radius 2 is 1.29 bits per heavy atom. The van der Waals surface area contributed by atoms with Crippen LogP contribution in [0.25, 0.3) is 0 Å². The van der Waals surface area contributed by atoms with Gasteiger partial charge in [-0.25, -0.2) is 0 Å². The van der Waals surface area contributed by atoms with Crippen LogP contribution in [0.15, 0.2) is 11.6 Å². The molecule has 0 saturated carbocycles. The highest BCUT2D eigenvalue weighted by atomic mass is 16.1. The van der Waals surface area contributed by atoms with E-state index in [1.807, 2.05) is 0 Å². The van der Waals surface area contributed by atoms with Crippen molar-refractivity contribution in [2.75, 3.05) is 0 Å². The first kappa shape index (κ1) is 20.4. The third-order valence-corrected chi connectivity index (χ3v) is 4.49. The van der Waals surface area contributed by atoms with Gasteiger partial charge in [-0.2, -0.15) is 0 Å². The van der Waals surface area contributed by atoms with Crippen LogP contribution in [0.5, 0.6) is 0 Å². The highest BCUT2D eigenvalue weighted by Gasteiger charge is 2.06. The van der Waals surface area contributed by atoms with E-state index in [1.165, 1.54) is 56.9 Å². The van der Waals surface area contributed by atoms with Crippen molar-refractivity contribution in [3.8, 4) is 0 Å². The maximum atomic E-state index is 10.4. The number of rotatable bonds is 13. The SMILES string of the molecule is C/C(=C\C=O)CCC[C@@H](C)CCC[C@@H](C)CCCC(C)C. The van der Waals surface area contributed by atoms with Crippen LogP contribution in [-0.2, 0) is 4.79 Å². The van der Waals surface area contributed by atoms with Crippen LogP contribution in [0.2, 0.25) is 0 Å². The van der Waals surface area contributed by atoms with E-state index in [1.54, 1.807) is 6.08 Å². The van der Waals surface area contributed by atoms with Gasteiger partial charge in [0.2, 0.25) is 0 Å². The lowest BCUT2D eigenvalue weighted by atomic mass is 9.91. The molecule has 0 aromatic carbocycles. The molecule has 0 aliphatic rings. The molecule has 0 saturated heterocycles. The standard InChI is InChI=1S/C20H38O/c1-17(2)9-6-10-18(3)11-7-12-19(4)13-8-14-20(5)15-16-21/h15-19H,6-14H2,1-5H3/b20-15+/t18-,19-/m0/s1. The van der Waals surface area contributed by atoms with Crippen LogP contribution in [0.1, 0.15) is 92.4 Å². The van der Waals surface area contributed by atoms with E-state index in [0.29, 0.717) is 0 Å². The lowest BCUT2D eigenvalue weighted by Gasteiger charge is -2.15. The van der Waals surface area contributed by atoms with Crippen molar-refractivity contribution >= 4 is 6.29 Å². The number of carbonyl (C=O) groups excluding carboxylic acids is 1. The van der Waals surface area contributed by atoms with Crippen molar-refractivity contribution in [1.82, 2.24) is 0 Å². The Kier molecular flexibility index (Phi) is 12.7. The molecule has 0 N–H and O–H groups in total. The molecule has 0 spiro atoms. The summed E-state index contributed by atoms with van der Waals surface area (Å²) >= 11 is 0. The second-order valence-corrected chi connectivity index (χ2v) is 7.51. The van der Waals surface area contributed by atoms with Crippen LogP contribution in [-0.4, -0.2) is 6.29 Å². The summed E-state index contributed by atoms with van der Waals surface area (Å²) < 4.78 is 0. The maximum Gasteiger partial charge on any atom is 0.142 e. The van der Waals surface area contributed by atoms with Gasteiger partial charge in [-0.1, -0.05) is 78.2 Å². The van der Waals surface area contributed by atoms with Gasteiger partial charge in [0.05, 0.1) is 0 Å². The predicted molar refractivity (Wildman–Crippen MR) is 94.5 cm³/mol. The monoisotopic (exact) mass is 294 g/mol. The molecule has 0 aromatic heterocycles. The molecule has 21 heavy (non-hydrogen) atoms. The summed E-state index contributed by atoms with van der Waals surface area (Å²) in [6, 6.07) is 0. The fraction of sp³-hybridized carbons (Fsp3) is 0.850. The van der Waals surface area contributed by atoms with E-state index in [2.05, 4.69) is 34.6 Å². The Bertz CT molecular complexity index is 278. The lowest BCUT2D eigenvalue weighted by Crippen LogP contribution is -2.00. The van der Waals surface area contributed by atoms with Crippen LogP contribution < -0.4 is 0 Å². The van der Waals surface area contributed by atoms with E-state index in [0.717, 1.165) is 30.5 Å². The molecule has 1 nitrogen and oxygen atoms in total. The first-order valence-corrected chi connectivity index (χ1v) is 9.06. The normalized spacial score (nSPS) is 15.2. The highest BCUT2D eigenvalue weighted by Crippen LogP contribution is 2.21. The van der Waals surface area contributed by atoms with E-state index < -0.39 is 0 Å². The van der Waals surface area contributed by atoms with Crippen LogP contribution in [0, 0.1) is 17.8 Å². The number of carbonyl (C=O) groups is 1. The van der Waals surface area contributed by atoms with E-state index >= 15 is 0 Å². The summed E-state index contributed by atoms with van der Waals surface area (Å²) in [5.41, 5.74) is 1.22. The summed E-state index contributed by atoms with van der Waals surface area (Å²) in [4.78, 5) is 10.4. The molecule has 0 aliphatic heterocycles. The van der Waals surface area contributed by atoms with Crippen molar-refractivity contribution < 1.29 is 4.79 Å². The zero-order valence-corrected chi connectivity index (χ0v) is 15.2. The molecular formula is C20H38O. The van der Waals surface area contributed by atoms with Crippen molar-refractivity contribution in [2.24, 2.45) is 17.8 Å². The van der Waals surface area contributed by atoms with Gasteiger partial charge < -0.3 is 0 Å². The zero-order valence-electron chi connectivity index (χ0n) is 15.2. The first-order valence-electron chi connectivity index (χ1n) is 9.06. The summed E-state index contributed by atoms with van der Waals surface area (Å²) in [5, 5.41) is 0. The van der Waals surface area contributed by atoms with Crippen LogP contribution in [0.3, 0.4) is 0 Å². The molecule has 0 fully saturated rings. The fourth-order valence-corrected chi connectivity index (χ4v) is 2.91. The summed E-state index contributed by atoms with van der Waals surface area (Å²) in [6.45, 7) is 11.5. The fourth-order valence-electron chi connectivity index (χ4n) is 2.91. The highest BCUT2D eigenvalue weighted by molar-refractivity contribution is 5.65. The third kappa shape index (κ3) is 14.1. The van der Waals surface area contributed by atoms with Crippen LogP contribution in [0.4, 0.5) is 0 Å². The zero-order chi connectivity index (χ0) is 16.1. The minimum atomic E-state index is 0.830. The van der Waals surface area contributed by atoms with Gasteiger partial charge >= 0.3 is 0 Å². The molecule has 2 atom stereocenters. The van der Waals surface area contributed by atoms with Crippen molar-refractivity contribution in [1.29, 1.82) is 0 Å². The smallest absolute Gasteiger partial charge is 0.142 e. The molecule has 0 radical (unpaired) electrons. The molecule has 0 aromatic rings. The average molecular weight is 295 g/mol. The molecule has 0 aliphatic carbocycles. The lowest BCUT2D eigenvalue weighted by molar-refractivity contribution is -0.104. The number of allylic oxidation sites excluding steroid dienone is 2. The van der Waals surface area contributed by atoms with Gasteiger partial charge in [0, 0.05) is 0 Å². The van der Waals surface area contributed by atoms with E-state index in [9.17, 15) is 4.79 Å². The average Bonchev–Trinajstić information content (AvgIpc) is 2.38. The summed E-state index contributed by atoms with van der Waals surface area (Å²) in [5.74, 6) is 2.58. The predicted octanol–water partition coefficient (Wildman–Crippen LogP) is 6.57. The second-order valence-electron chi connectivity index (χ2n) is 7.51. The van der Waals surface area contributed by atoms with Gasteiger partial charge in [-0.3, -0.25) is 4.79 Å². The Hall–Kier alpha value is -0.590. The quantitative estimate of drug-likeness (QED) is 0.277. The van der Waals surface area contributed by atoms with Crippen molar-refractivity contribution in [3.63, 3.8) is 0 Å². The van der Waals surface area contributed by atoms with Gasteiger partial charge in [0.15, 0.2) is 0 Å². The maximum absolute atomic E-state index is 10.4. The summed E-state index contributed by atoms with van der Waals surface area (Å²) in [6.07, 6.45) is 14.5. The third-order valence-electron chi connectivity index (χ3n) is 4.49. The minimum Gasteiger partial charge on any atom is -0.299 e. The number of hydrogen-bond acceptors (Lipinski definition) is 1. The van der Waals surface area contributed by atoms with Gasteiger partial charge in [0.1, 0.15) is 6.29 Å². The van der Waals surface area contributed by atoms with Gasteiger partial charge in [-0.05, 0) is 43.6 Å². The molecule has 0 rings (SSSR count). The Morgan fingerprint density at radius 1 is 0.810 bits per heavy atom. The molecular weight excluding hydrogens is 256 g/mol. The van der Waals surface area contributed by atoms with Gasteiger partial charge in [0.25, 0.3) is 0 Å². The van der Waals surface area contributed by atoms with Crippen molar-refractivity contribution in [3.05, 3.63) is 11.6 Å². The molecule has 1 heteroatoms. The Morgan fingerprint density at radius 3 is 1.76 bits per heavy atom. The number of hydrogen-bond donors (Lipinski definition) is 0. The van der Waals surface area contributed by atoms with Crippen molar-refractivity contribution in [2.45, 2.75) is 92.4 Å².